The summed E-state index contributed by atoms with van der Waals surface area (Å²) in [7, 11) is 1.57. The summed E-state index contributed by atoms with van der Waals surface area (Å²) in [4.78, 5) is 23.6. The smallest absolute Gasteiger partial charge is 0.248 e. The molecule has 0 aliphatic heterocycles. The molecule has 2 aromatic carbocycles. The van der Waals surface area contributed by atoms with Gasteiger partial charge in [0.2, 0.25) is 5.91 Å². The Kier molecular flexibility index (Phi) is 6.54. The molecule has 0 radical (unpaired) electrons. The molecule has 2 aromatic rings. The molecule has 2 N–H and O–H groups in total. The molecule has 0 saturated carbocycles. The number of ether oxygens (including phenoxy) is 3. The lowest BCUT2D eigenvalue weighted by Crippen LogP contribution is -2.19. The summed E-state index contributed by atoms with van der Waals surface area (Å²) < 4.78 is 16.2. The van der Waals surface area contributed by atoms with Gasteiger partial charge in [-0.1, -0.05) is 30.3 Å². The molecule has 6 nitrogen and oxygen atoms in total. The molecule has 0 aliphatic rings. The molecule has 2 rings (SSSR count). The first-order chi connectivity index (χ1) is 12.0. The van der Waals surface area contributed by atoms with E-state index in [1.165, 1.54) is 12.1 Å². The second kappa shape index (κ2) is 8.84. The summed E-state index contributed by atoms with van der Waals surface area (Å²) in [5, 5.41) is 0. The van der Waals surface area contributed by atoms with Gasteiger partial charge >= 0.3 is 0 Å². The summed E-state index contributed by atoms with van der Waals surface area (Å²) in [6, 6.07) is 13.4. The maximum atomic E-state index is 12.1. The first-order valence-corrected chi connectivity index (χ1v) is 7.81. The number of nitrogens with two attached hydrogens (primary N) is 1. The van der Waals surface area contributed by atoms with Gasteiger partial charge in [0.1, 0.15) is 17.6 Å². The van der Waals surface area contributed by atoms with Crippen molar-refractivity contribution in [2.24, 2.45) is 5.73 Å². The number of carbonyl (C=O) groups is 2. The average molecular weight is 343 g/mol. The molecule has 1 atom stereocenters. The van der Waals surface area contributed by atoms with Crippen LogP contribution in [0.25, 0.3) is 0 Å². The van der Waals surface area contributed by atoms with Crippen molar-refractivity contribution >= 4 is 11.7 Å². The Bertz CT molecular complexity index is 730. The lowest BCUT2D eigenvalue weighted by atomic mass is 10.1. The van der Waals surface area contributed by atoms with E-state index in [1.54, 1.807) is 37.4 Å². The van der Waals surface area contributed by atoms with Gasteiger partial charge in [-0.3, -0.25) is 9.59 Å². The fourth-order valence-electron chi connectivity index (χ4n) is 2.22. The third-order valence-corrected chi connectivity index (χ3v) is 3.37. The number of ketones is 1. The topological polar surface area (TPSA) is 87.8 Å². The van der Waals surface area contributed by atoms with Crippen LogP contribution in [0.2, 0.25) is 0 Å². The second-order valence-corrected chi connectivity index (χ2v) is 5.52. The Morgan fingerprint density at radius 1 is 1.04 bits per heavy atom. The molecule has 0 spiro atoms. The van der Waals surface area contributed by atoms with E-state index in [0.29, 0.717) is 23.7 Å². The number of Topliss-reactive ketones (excluding diaryl/α,β-unsaturated/α-hetero) is 1. The van der Waals surface area contributed by atoms with Gasteiger partial charge in [0, 0.05) is 24.3 Å². The average Bonchev–Trinajstić information content (AvgIpc) is 2.60. The van der Waals surface area contributed by atoms with Gasteiger partial charge in [0.15, 0.2) is 12.4 Å². The van der Waals surface area contributed by atoms with Crippen LogP contribution >= 0.6 is 0 Å². The SMILES string of the molecule is COC[C@H](C)Oc1cc(OCC(=O)c2ccccc2)cc(C(N)=O)c1. The van der Waals surface area contributed by atoms with E-state index < -0.39 is 5.91 Å². The number of carbonyl (C=O) groups excluding carboxylic acids is 2. The van der Waals surface area contributed by atoms with Crippen LogP contribution in [0.15, 0.2) is 48.5 Å². The Hall–Kier alpha value is -2.86. The van der Waals surface area contributed by atoms with Gasteiger partial charge in [0.25, 0.3) is 0 Å². The van der Waals surface area contributed by atoms with Gasteiger partial charge in [-0.15, -0.1) is 0 Å². The van der Waals surface area contributed by atoms with Gasteiger partial charge in [-0.05, 0) is 19.1 Å². The minimum Gasteiger partial charge on any atom is -0.488 e. The van der Waals surface area contributed by atoms with E-state index in [-0.39, 0.29) is 24.1 Å². The molecule has 0 aliphatic carbocycles. The fourth-order valence-corrected chi connectivity index (χ4v) is 2.22. The van der Waals surface area contributed by atoms with Crippen molar-refractivity contribution in [3.05, 3.63) is 59.7 Å². The zero-order valence-electron chi connectivity index (χ0n) is 14.2. The number of hydrogen-bond donors (Lipinski definition) is 1. The van der Waals surface area contributed by atoms with Gasteiger partial charge in [0.05, 0.1) is 6.61 Å². The van der Waals surface area contributed by atoms with Crippen LogP contribution in [-0.4, -0.2) is 38.1 Å². The molecule has 25 heavy (non-hydrogen) atoms. The minimum absolute atomic E-state index is 0.153. The molecule has 0 saturated heterocycles. The highest BCUT2D eigenvalue weighted by Gasteiger charge is 2.12. The van der Waals surface area contributed by atoms with Crippen molar-refractivity contribution in [3.8, 4) is 11.5 Å². The molecular weight excluding hydrogens is 322 g/mol. The summed E-state index contributed by atoms with van der Waals surface area (Å²) >= 11 is 0. The largest absolute Gasteiger partial charge is 0.488 e. The normalized spacial score (nSPS) is 11.6. The predicted octanol–water partition coefficient (Wildman–Crippen LogP) is 2.46. The van der Waals surface area contributed by atoms with Crippen LogP contribution in [0.1, 0.15) is 27.6 Å². The van der Waals surface area contributed by atoms with Crippen LogP contribution in [0.3, 0.4) is 0 Å². The monoisotopic (exact) mass is 343 g/mol. The van der Waals surface area contributed by atoms with Crippen molar-refractivity contribution < 1.29 is 23.8 Å². The Balaban J connectivity index is 2.12. The molecule has 1 amide bonds. The summed E-state index contributed by atoms with van der Waals surface area (Å²) in [6.07, 6.45) is -0.216. The summed E-state index contributed by atoms with van der Waals surface area (Å²) in [5.74, 6) is -0.0208. The Morgan fingerprint density at radius 3 is 2.36 bits per heavy atom. The van der Waals surface area contributed by atoms with Gasteiger partial charge in [-0.25, -0.2) is 0 Å². The minimum atomic E-state index is -0.607. The zero-order chi connectivity index (χ0) is 18.2. The Labute approximate surface area is 146 Å². The second-order valence-electron chi connectivity index (χ2n) is 5.52. The highest BCUT2D eigenvalue weighted by atomic mass is 16.5. The third kappa shape index (κ3) is 5.61. The number of rotatable bonds is 9. The first-order valence-electron chi connectivity index (χ1n) is 7.81. The zero-order valence-corrected chi connectivity index (χ0v) is 14.2. The van der Waals surface area contributed by atoms with E-state index in [2.05, 4.69) is 0 Å². The van der Waals surface area contributed by atoms with E-state index in [9.17, 15) is 9.59 Å². The fraction of sp³-hybridized carbons (Fsp3) is 0.263. The third-order valence-electron chi connectivity index (χ3n) is 3.37. The number of hydrogen-bond acceptors (Lipinski definition) is 5. The van der Waals surface area contributed by atoms with Crippen LogP contribution in [0, 0.1) is 0 Å². The lowest BCUT2D eigenvalue weighted by Gasteiger charge is -2.15. The van der Waals surface area contributed by atoms with E-state index in [0.717, 1.165) is 0 Å². The molecule has 0 fully saturated rings. The van der Waals surface area contributed by atoms with Crippen LogP contribution in [0.4, 0.5) is 0 Å². The standard InChI is InChI=1S/C19H21NO5/c1-13(11-23-2)25-17-9-15(19(20)22)8-16(10-17)24-12-18(21)14-6-4-3-5-7-14/h3-10,13H,11-12H2,1-2H3,(H2,20,22)/t13-/m0/s1. The van der Waals surface area contributed by atoms with E-state index >= 15 is 0 Å². The predicted molar refractivity (Wildman–Crippen MR) is 93.2 cm³/mol. The lowest BCUT2D eigenvalue weighted by molar-refractivity contribution is 0.0901. The molecule has 0 bridgehead atoms. The van der Waals surface area contributed by atoms with Crippen molar-refractivity contribution in [3.63, 3.8) is 0 Å². The van der Waals surface area contributed by atoms with Crippen molar-refractivity contribution in [1.29, 1.82) is 0 Å². The summed E-state index contributed by atoms with van der Waals surface area (Å²) in [6.45, 7) is 2.07. The van der Waals surface area contributed by atoms with Gasteiger partial charge < -0.3 is 19.9 Å². The maximum Gasteiger partial charge on any atom is 0.248 e. The van der Waals surface area contributed by atoms with Crippen LogP contribution in [0.5, 0.6) is 11.5 Å². The highest BCUT2D eigenvalue weighted by Crippen LogP contribution is 2.24. The Morgan fingerprint density at radius 2 is 1.72 bits per heavy atom. The van der Waals surface area contributed by atoms with E-state index in [1.807, 2.05) is 13.0 Å². The molecule has 6 heteroatoms. The van der Waals surface area contributed by atoms with Gasteiger partial charge in [-0.2, -0.15) is 0 Å². The first kappa shape index (κ1) is 18.5. The molecule has 0 aromatic heterocycles. The maximum absolute atomic E-state index is 12.1. The van der Waals surface area contributed by atoms with Crippen LogP contribution < -0.4 is 15.2 Å². The quantitative estimate of drug-likeness (QED) is 0.707. The number of methoxy groups -OCH3 is 1. The summed E-state index contributed by atoms with van der Waals surface area (Å²) in [5.41, 5.74) is 6.14. The molecule has 0 unspecified atom stereocenters. The number of benzene rings is 2. The van der Waals surface area contributed by atoms with Crippen molar-refractivity contribution in [2.45, 2.75) is 13.0 Å². The molecular formula is C19H21NO5. The number of primary amides is 1. The van der Waals surface area contributed by atoms with Crippen LogP contribution in [-0.2, 0) is 4.74 Å². The van der Waals surface area contributed by atoms with E-state index in [4.69, 9.17) is 19.9 Å². The molecule has 132 valence electrons. The van der Waals surface area contributed by atoms with Crippen molar-refractivity contribution in [1.82, 2.24) is 0 Å². The highest BCUT2D eigenvalue weighted by molar-refractivity contribution is 5.97. The molecule has 0 heterocycles. The number of amides is 1. The van der Waals surface area contributed by atoms with Crippen molar-refractivity contribution in [2.75, 3.05) is 20.3 Å².